The third-order valence-corrected chi connectivity index (χ3v) is 6.77. The van der Waals surface area contributed by atoms with Gasteiger partial charge in [0.15, 0.2) is 0 Å². The van der Waals surface area contributed by atoms with E-state index in [1.807, 2.05) is 19.1 Å². The molecule has 0 amide bonds. The summed E-state index contributed by atoms with van der Waals surface area (Å²) < 4.78 is 39.2. The summed E-state index contributed by atoms with van der Waals surface area (Å²) in [5.74, 6) is -0.935. The van der Waals surface area contributed by atoms with E-state index in [0.29, 0.717) is 98.7 Å². The lowest BCUT2D eigenvalue weighted by atomic mass is 10.2. The van der Waals surface area contributed by atoms with Gasteiger partial charge in [-0.3, -0.25) is 9.80 Å². The lowest BCUT2D eigenvalue weighted by Gasteiger charge is -2.25. The van der Waals surface area contributed by atoms with Crippen LogP contribution in [0.4, 0.5) is 0 Å². The van der Waals surface area contributed by atoms with E-state index in [1.54, 1.807) is 24.3 Å². The Balaban J connectivity index is 1.60. The van der Waals surface area contributed by atoms with Crippen molar-refractivity contribution < 1.29 is 42.7 Å². The van der Waals surface area contributed by atoms with Crippen LogP contribution >= 0.6 is 0 Å². The van der Waals surface area contributed by atoms with Gasteiger partial charge in [0.1, 0.15) is 17.5 Å². The second-order valence-electron chi connectivity index (χ2n) is 10.0. The second-order valence-corrected chi connectivity index (χ2v) is 10.0. The van der Waals surface area contributed by atoms with Crippen molar-refractivity contribution in [1.82, 2.24) is 19.8 Å². The van der Waals surface area contributed by atoms with Crippen LogP contribution in [0, 0.1) is 0 Å². The summed E-state index contributed by atoms with van der Waals surface area (Å²) in [6.07, 6.45) is -0.233. The highest BCUT2D eigenvalue weighted by Crippen LogP contribution is 2.08. The number of hydrogen-bond donors (Lipinski definition) is 0. The van der Waals surface area contributed by atoms with Gasteiger partial charge in [-0.05, 0) is 31.2 Å². The first-order valence-electron chi connectivity index (χ1n) is 15.0. The van der Waals surface area contributed by atoms with Gasteiger partial charge in [0, 0.05) is 45.9 Å². The standard InChI is InChI=1S/C31H46N4O9/c1-4-40-23-27-24-43-17-13-34(21-25-7-5-9-28(32-25)30(36)38-2)11-15-41-19-20-42-16-12-35(14-18-44-27)22-26-8-6-10-29(33-26)31(37)39-3/h5-10,27H,4,11-24H2,1-3H3/t27-/m0/s1. The average Bonchev–Trinajstić information content (AvgIpc) is 3.05. The van der Waals surface area contributed by atoms with Crippen LogP contribution in [0.25, 0.3) is 0 Å². The Kier molecular flexibility index (Phi) is 16.8. The molecule has 3 heterocycles. The number of aromatic nitrogens is 2. The molecule has 2 aromatic rings. The lowest BCUT2D eigenvalue weighted by Crippen LogP contribution is -2.35. The Morgan fingerprint density at radius 2 is 1.25 bits per heavy atom. The molecule has 0 unspecified atom stereocenters. The van der Waals surface area contributed by atoms with E-state index in [-0.39, 0.29) is 17.5 Å². The van der Waals surface area contributed by atoms with Gasteiger partial charge in [0.2, 0.25) is 0 Å². The topological polar surface area (TPSA) is 131 Å². The zero-order chi connectivity index (χ0) is 31.4. The van der Waals surface area contributed by atoms with Crippen molar-refractivity contribution in [3.8, 4) is 0 Å². The molecule has 1 aliphatic heterocycles. The van der Waals surface area contributed by atoms with Crippen LogP contribution in [0.2, 0.25) is 0 Å². The van der Waals surface area contributed by atoms with Gasteiger partial charge in [-0.15, -0.1) is 0 Å². The Morgan fingerprint density at radius 3 is 1.75 bits per heavy atom. The Hall–Kier alpha value is -3.04. The van der Waals surface area contributed by atoms with E-state index >= 15 is 0 Å². The number of hydrogen-bond acceptors (Lipinski definition) is 13. The van der Waals surface area contributed by atoms with Crippen LogP contribution in [0.1, 0.15) is 39.3 Å². The first-order valence-corrected chi connectivity index (χ1v) is 15.0. The number of rotatable bonds is 9. The monoisotopic (exact) mass is 618 g/mol. The zero-order valence-corrected chi connectivity index (χ0v) is 26.1. The number of esters is 2. The van der Waals surface area contributed by atoms with Crippen molar-refractivity contribution in [2.24, 2.45) is 0 Å². The van der Waals surface area contributed by atoms with Gasteiger partial charge < -0.3 is 33.2 Å². The molecule has 13 nitrogen and oxygen atoms in total. The van der Waals surface area contributed by atoms with E-state index in [2.05, 4.69) is 19.8 Å². The molecular formula is C31H46N4O9. The highest BCUT2D eigenvalue weighted by molar-refractivity contribution is 5.87. The van der Waals surface area contributed by atoms with Crippen LogP contribution in [0.15, 0.2) is 36.4 Å². The summed E-state index contributed by atoms with van der Waals surface area (Å²) in [4.78, 5) is 37.1. The molecule has 0 N–H and O–H groups in total. The fourth-order valence-electron chi connectivity index (χ4n) is 4.43. The summed E-state index contributed by atoms with van der Waals surface area (Å²) in [5.41, 5.74) is 2.06. The fourth-order valence-corrected chi connectivity index (χ4v) is 4.43. The van der Waals surface area contributed by atoms with Gasteiger partial charge in [-0.1, -0.05) is 12.1 Å². The van der Waals surface area contributed by atoms with Gasteiger partial charge in [-0.25, -0.2) is 19.6 Å². The first-order chi connectivity index (χ1) is 21.5. The molecular weight excluding hydrogens is 572 g/mol. The van der Waals surface area contributed by atoms with Crippen LogP contribution < -0.4 is 0 Å². The number of methoxy groups -OCH3 is 2. The third kappa shape index (κ3) is 13.3. The summed E-state index contributed by atoms with van der Waals surface area (Å²) in [7, 11) is 2.68. The summed E-state index contributed by atoms with van der Waals surface area (Å²) in [5, 5.41) is 0. The lowest BCUT2D eigenvalue weighted by molar-refractivity contribution is -0.0668. The minimum Gasteiger partial charge on any atom is -0.464 e. The fraction of sp³-hybridized carbons (Fsp3) is 0.613. The molecule has 2 aromatic heterocycles. The van der Waals surface area contributed by atoms with Crippen LogP contribution in [0.5, 0.6) is 0 Å². The number of pyridine rings is 2. The number of ether oxygens (including phenoxy) is 7. The van der Waals surface area contributed by atoms with Crippen molar-refractivity contribution in [1.29, 1.82) is 0 Å². The molecule has 1 saturated heterocycles. The van der Waals surface area contributed by atoms with Crippen LogP contribution in [-0.4, -0.2) is 138 Å². The quantitative estimate of drug-likeness (QED) is 0.379. The van der Waals surface area contributed by atoms with E-state index in [4.69, 9.17) is 33.2 Å². The van der Waals surface area contributed by atoms with Crippen molar-refractivity contribution in [3.05, 3.63) is 59.2 Å². The minimum absolute atomic E-state index is 0.233. The molecule has 0 aliphatic carbocycles. The molecule has 1 atom stereocenters. The Labute approximate surface area is 259 Å². The molecule has 0 radical (unpaired) electrons. The smallest absolute Gasteiger partial charge is 0.356 e. The predicted octanol–water partition coefficient (Wildman–Crippen LogP) is 1.84. The van der Waals surface area contributed by atoms with Gasteiger partial charge in [0.25, 0.3) is 0 Å². The molecule has 0 bridgehead atoms. The normalized spacial score (nSPS) is 19.0. The van der Waals surface area contributed by atoms with E-state index < -0.39 is 11.9 Å². The maximum absolute atomic E-state index is 11.9. The average molecular weight is 619 g/mol. The van der Waals surface area contributed by atoms with E-state index in [9.17, 15) is 9.59 Å². The van der Waals surface area contributed by atoms with E-state index in [0.717, 1.165) is 11.4 Å². The maximum Gasteiger partial charge on any atom is 0.356 e. The largest absolute Gasteiger partial charge is 0.464 e. The summed E-state index contributed by atoms with van der Waals surface area (Å²) in [6, 6.07) is 10.6. The minimum atomic E-state index is -0.468. The highest BCUT2D eigenvalue weighted by Gasteiger charge is 2.16. The molecule has 3 rings (SSSR count). The van der Waals surface area contributed by atoms with Gasteiger partial charge in [0.05, 0.1) is 78.5 Å². The van der Waals surface area contributed by atoms with Crippen LogP contribution in [-0.2, 0) is 46.2 Å². The molecule has 0 aromatic carbocycles. The molecule has 44 heavy (non-hydrogen) atoms. The van der Waals surface area contributed by atoms with E-state index in [1.165, 1.54) is 14.2 Å². The maximum atomic E-state index is 11.9. The Morgan fingerprint density at radius 1 is 0.750 bits per heavy atom. The predicted molar refractivity (Wildman–Crippen MR) is 160 cm³/mol. The molecule has 0 saturated carbocycles. The second kappa shape index (κ2) is 20.8. The SMILES string of the molecule is CCOC[C@H]1COCCN(Cc2cccc(C(=O)OC)n2)CCOCCOCCN(Cc2cccc(C(=O)OC)n2)CCO1. The zero-order valence-electron chi connectivity index (χ0n) is 26.1. The molecule has 13 heteroatoms. The third-order valence-electron chi connectivity index (χ3n) is 6.77. The first kappa shape index (κ1) is 35.4. The number of nitrogens with zero attached hydrogens (tertiary/aromatic N) is 4. The van der Waals surface area contributed by atoms with Crippen molar-refractivity contribution >= 4 is 11.9 Å². The van der Waals surface area contributed by atoms with Crippen LogP contribution in [0.3, 0.4) is 0 Å². The van der Waals surface area contributed by atoms with Gasteiger partial charge >= 0.3 is 11.9 Å². The van der Waals surface area contributed by atoms with Crippen molar-refractivity contribution in [3.63, 3.8) is 0 Å². The molecule has 0 spiro atoms. The molecule has 244 valence electrons. The van der Waals surface area contributed by atoms with Crippen molar-refractivity contribution in [2.45, 2.75) is 26.1 Å². The highest BCUT2D eigenvalue weighted by atomic mass is 16.6. The molecule has 1 aliphatic rings. The summed E-state index contributed by atoms with van der Waals surface area (Å²) in [6.45, 7) is 9.79. The number of carbonyl (C=O) groups excluding carboxylic acids is 2. The van der Waals surface area contributed by atoms with Gasteiger partial charge in [-0.2, -0.15) is 0 Å². The Bertz CT molecular complexity index is 1120. The molecule has 1 fully saturated rings. The summed E-state index contributed by atoms with van der Waals surface area (Å²) >= 11 is 0. The van der Waals surface area contributed by atoms with Crippen molar-refractivity contribution in [2.75, 3.05) is 99.9 Å². The number of carbonyl (C=O) groups is 2.